The van der Waals surface area contributed by atoms with Gasteiger partial charge in [0.05, 0.1) is 33.5 Å². The summed E-state index contributed by atoms with van der Waals surface area (Å²) in [6, 6.07) is 20.7. The molecule has 6 aromatic rings. The molecule has 0 saturated heterocycles. The van der Waals surface area contributed by atoms with Crippen LogP contribution in [0.2, 0.25) is 0 Å². The summed E-state index contributed by atoms with van der Waals surface area (Å²) in [6.45, 7) is 1.59. The molecule has 40 heavy (non-hydrogen) atoms. The van der Waals surface area contributed by atoms with Crippen molar-refractivity contribution < 1.29 is 9.53 Å². The van der Waals surface area contributed by atoms with Crippen molar-refractivity contribution in [3.05, 3.63) is 111 Å². The molecule has 3 aromatic heterocycles. The lowest BCUT2D eigenvalue weighted by Crippen LogP contribution is -2.29. The van der Waals surface area contributed by atoms with Gasteiger partial charge < -0.3 is 9.30 Å². The van der Waals surface area contributed by atoms with Crippen LogP contribution in [0.4, 0.5) is 11.4 Å². The number of carbonyl (C=O) groups excluding carboxylic acids is 1. The van der Waals surface area contributed by atoms with Crippen molar-refractivity contribution in [1.82, 2.24) is 24.5 Å². The van der Waals surface area contributed by atoms with Crippen molar-refractivity contribution in [2.24, 2.45) is 0 Å². The van der Waals surface area contributed by atoms with E-state index in [0.717, 1.165) is 26.8 Å². The first-order chi connectivity index (χ1) is 19.5. The summed E-state index contributed by atoms with van der Waals surface area (Å²) in [5.41, 5.74) is 5.69. The highest BCUT2D eigenvalue weighted by atomic mass is 79.9. The molecule has 0 aliphatic carbocycles. The van der Waals surface area contributed by atoms with Crippen LogP contribution in [0.3, 0.4) is 0 Å². The number of carbonyl (C=O) groups is 1. The second kappa shape index (κ2) is 9.42. The van der Waals surface area contributed by atoms with Gasteiger partial charge in [0.15, 0.2) is 12.2 Å². The van der Waals surface area contributed by atoms with E-state index in [2.05, 4.69) is 31.2 Å². The van der Waals surface area contributed by atoms with Crippen LogP contribution in [0.15, 0.2) is 94.6 Å². The SMILES string of the molecule is CC(=O)N1c2ccc(Br)cc2-n2cc(Cc3cccnc3)c(=O)c3cc(OCn4nnc5ccccc54)cc1c32. The number of aromatic nitrogens is 5. The molecule has 3 aromatic carbocycles. The molecule has 0 saturated carbocycles. The fourth-order valence-electron chi connectivity index (χ4n) is 5.26. The maximum atomic E-state index is 14.0. The van der Waals surface area contributed by atoms with E-state index in [1.54, 1.807) is 34.1 Å². The van der Waals surface area contributed by atoms with E-state index in [9.17, 15) is 9.59 Å². The summed E-state index contributed by atoms with van der Waals surface area (Å²) in [5, 5.41) is 8.84. The number of benzene rings is 3. The molecule has 196 valence electrons. The third-order valence-electron chi connectivity index (χ3n) is 7.01. The predicted octanol–water partition coefficient (Wildman–Crippen LogP) is 5.52. The van der Waals surface area contributed by atoms with Gasteiger partial charge in [0, 0.05) is 48.0 Å². The molecule has 0 atom stereocenters. The van der Waals surface area contributed by atoms with E-state index >= 15 is 0 Å². The molecule has 7 rings (SSSR count). The predicted molar refractivity (Wildman–Crippen MR) is 155 cm³/mol. The van der Waals surface area contributed by atoms with Gasteiger partial charge in [-0.05, 0) is 48.0 Å². The molecule has 9 nitrogen and oxygen atoms in total. The second-order valence-electron chi connectivity index (χ2n) is 9.57. The van der Waals surface area contributed by atoms with Crippen molar-refractivity contribution >= 4 is 55.1 Å². The maximum absolute atomic E-state index is 14.0. The Labute approximate surface area is 236 Å². The summed E-state index contributed by atoms with van der Waals surface area (Å²) in [7, 11) is 0. The van der Waals surface area contributed by atoms with Gasteiger partial charge in [-0.25, -0.2) is 4.68 Å². The molecule has 0 bridgehead atoms. The van der Waals surface area contributed by atoms with Crippen LogP contribution >= 0.6 is 15.9 Å². The lowest BCUT2D eigenvalue weighted by atomic mass is 10.0. The van der Waals surface area contributed by atoms with Gasteiger partial charge in [-0.3, -0.25) is 19.5 Å². The summed E-state index contributed by atoms with van der Waals surface area (Å²) in [6.07, 6.45) is 5.74. The summed E-state index contributed by atoms with van der Waals surface area (Å²) in [5.74, 6) is 0.262. The van der Waals surface area contributed by atoms with E-state index in [1.165, 1.54) is 6.92 Å². The van der Waals surface area contributed by atoms with E-state index in [1.807, 2.05) is 65.4 Å². The standard InChI is InChI=1S/C30H21BrN6O3/c1-18(38)37-26-9-8-21(31)12-27(26)35-16-20(11-19-5-4-10-32-15-19)30(39)23-13-22(14-28(37)29(23)35)40-17-36-25-7-3-2-6-24(25)33-34-36/h2-10,12-16H,11,17H2,1H3. The van der Waals surface area contributed by atoms with Crippen LogP contribution in [0.25, 0.3) is 27.6 Å². The van der Waals surface area contributed by atoms with Gasteiger partial charge in [0.25, 0.3) is 0 Å². The van der Waals surface area contributed by atoms with Crippen LogP contribution in [0, 0.1) is 0 Å². The minimum absolute atomic E-state index is 0.0820. The highest BCUT2D eigenvalue weighted by Crippen LogP contribution is 2.44. The lowest BCUT2D eigenvalue weighted by molar-refractivity contribution is -0.115. The molecule has 0 fully saturated rings. The fraction of sp³-hybridized carbons (Fsp3) is 0.100. The average molecular weight is 593 g/mol. The average Bonchev–Trinajstić information content (AvgIpc) is 3.38. The first kappa shape index (κ1) is 24.2. The van der Waals surface area contributed by atoms with E-state index < -0.39 is 0 Å². The third-order valence-corrected chi connectivity index (χ3v) is 7.50. The van der Waals surface area contributed by atoms with Crippen molar-refractivity contribution in [2.45, 2.75) is 20.1 Å². The minimum atomic E-state index is -0.178. The Bertz CT molecular complexity index is 2020. The Hall–Kier alpha value is -4.83. The minimum Gasteiger partial charge on any atom is -0.471 e. The van der Waals surface area contributed by atoms with Crippen LogP contribution in [-0.4, -0.2) is 30.5 Å². The van der Waals surface area contributed by atoms with Gasteiger partial charge in [0.1, 0.15) is 11.3 Å². The first-order valence-corrected chi connectivity index (χ1v) is 13.4. The Morgan fingerprint density at radius 1 is 1.00 bits per heavy atom. The second-order valence-corrected chi connectivity index (χ2v) is 10.5. The smallest absolute Gasteiger partial charge is 0.228 e. The van der Waals surface area contributed by atoms with Gasteiger partial charge in [-0.1, -0.05) is 39.3 Å². The maximum Gasteiger partial charge on any atom is 0.228 e. The Morgan fingerprint density at radius 2 is 1.88 bits per heavy atom. The molecule has 0 spiro atoms. The topological polar surface area (TPSA) is 95.1 Å². The summed E-state index contributed by atoms with van der Waals surface area (Å²) < 4.78 is 10.7. The molecular formula is C30H21BrN6O3. The first-order valence-electron chi connectivity index (χ1n) is 12.6. The number of rotatable bonds is 5. The molecule has 0 unspecified atom stereocenters. The van der Waals surface area contributed by atoms with Gasteiger partial charge in [-0.15, -0.1) is 5.10 Å². The number of hydrogen-bond donors (Lipinski definition) is 0. The number of pyridine rings is 2. The zero-order valence-electron chi connectivity index (χ0n) is 21.3. The molecular weight excluding hydrogens is 572 g/mol. The van der Waals surface area contributed by atoms with Crippen molar-refractivity contribution in [2.75, 3.05) is 4.90 Å². The highest BCUT2D eigenvalue weighted by Gasteiger charge is 2.29. The van der Waals surface area contributed by atoms with Gasteiger partial charge >= 0.3 is 0 Å². The van der Waals surface area contributed by atoms with E-state index in [4.69, 9.17) is 4.74 Å². The molecule has 0 N–H and O–H groups in total. The van der Waals surface area contributed by atoms with Crippen LogP contribution in [0.5, 0.6) is 5.75 Å². The Balaban J connectivity index is 1.43. The normalized spacial score (nSPS) is 12.1. The largest absolute Gasteiger partial charge is 0.471 e. The number of anilines is 2. The van der Waals surface area contributed by atoms with Crippen LogP contribution in [-0.2, 0) is 17.9 Å². The third kappa shape index (κ3) is 3.95. The molecule has 1 amide bonds. The van der Waals surface area contributed by atoms with Gasteiger partial charge in [0.2, 0.25) is 5.91 Å². The fourth-order valence-corrected chi connectivity index (χ4v) is 5.61. The van der Waals surface area contributed by atoms with E-state index in [-0.39, 0.29) is 18.1 Å². The summed E-state index contributed by atoms with van der Waals surface area (Å²) in [4.78, 5) is 32.8. The number of hydrogen-bond acceptors (Lipinski definition) is 6. The number of nitrogens with zero attached hydrogens (tertiary/aromatic N) is 6. The van der Waals surface area contributed by atoms with Crippen molar-refractivity contribution in [3.63, 3.8) is 0 Å². The zero-order valence-corrected chi connectivity index (χ0v) is 22.9. The van der Waals surface area contributed by atoms with Crippen LogP contribution < -0.4 is 15.1 Å². The van der Waals surface area contributed by atoms with Crippen LogP contribution in [0.1, 0.15) is 18.1 Å². The number of amides is 1. The highest BCUT2D eigenvalue weighted by molar-refractivity contribution is 9.10. The van der Waals surface area contributed by atoms with Gasteiger partial charge in [-0.2, -0.15) is 0 Å². The zero-order chi connectivity index (χ0) is 27.4. The number of para-hydroxylation sites is 1. The molecule has 1 aliphatic rings. The molecule has 4 heterocycles. The quantitative estimate of drug-likeness (QED) is 0.262. The lowest BCUT2D eigenvalue weighted by Gasteiger charge is -2.32. The van der Waals surface area contributed by atoms with Crippen molar-refractivity contribution in [1.29, 1.82) is 0 Å². The monoisotopic (exact) mass is 592 g/mol. The Kier molecular flexibility index (Phi) is 5.71. The molecule has 1 aliphatic heterocycles. The molecule has 0 radical (unpaired) electrons. The number of ether oxygens (including phenoxy) is 1. The summed E-state index contributed by atoms with van der Waals surface area (Å²) >= 11 is 3.57. The molecule has 10 heteroatoms. The van der Waals surface area contributed by atoms with E-state index in [0.29, 0.717) is 40.0 Å². The van der Waals surface area contributed by atoms with Crippen molar-refractivity contribution in [3.8, 4) is 11.4 Å². The number of fused-ring (bicyclic) bond motifs is 3. The Morgan fingerprint density at radius 3 is 2.70 bits per heavy atom. The number of halogens is 1.